The average Bonchev–Trinajstić information content (AvgIpc) is 2.03. The highest BCUT2D eigenvalue weighted by Crippen LogP contribution is 2.17. The van der Waals surface area contributed by atoms with E-state index < -0.39 is 0 Å². The molecule has 2 atom stereocenters. The van der Waals surface area contributed by atoms with Gasteiger partial charge in [0, 0.05) is 18.5 Å². The van der Waals surface area contributed by atoms with E-state index in [4.69, 9.17) is 17.3 Å². The molecule has 0 amide bonds. The van der Waals surface area contributed by atoms with Crippen molar-refractivity contribution in [3.05, 3.63) is 0 Å². The van der Waals surface area contributed by atoms with Crippen LogP contribution in [0.4, 0.5) is 0 Å². The molecule has 0 radical (unpaired) electrons. The van der Waals surface area contributed by atoms with Crippen LogP contribution in [0.15, 0.2) is 0 Å². The maximum Gasteiger partial charge on any atom is 0.0378 e. The van der Waals surface area contributed by atoms with Crippen LogP contribution in [-0.4, -0.2) is 37.0 Å². The molecular formula is C8H17ClN2. The second-order valence-electron chi connectivity index (χ2n) is 3.48. The second-order valence-corrected chi connectivity index (χ2v) is 3.79. The second kappa shape index (κ2) is 4.29. The number of piperidine rings is 1. The molecule has 11 heavy (non-hydrogen) atoms. The van der Waals surface area contributed by atoms with Crippen LogP contribution >= 0.6 is 11.6 Å². The third-order valence-corrected chi connectivity index (χ3v) is 2.80. The number of likely N-dealkylation sites (tertiary alicyclic amines) is 1. The molecular weight excluding hydrogens is 160 g/mol. The smallest absolute Gasteiger partial charge is 0.0378 e. The van der Waals surface area contributed by atoms with Gasteiger partial charge in [0.15, 0.2) is 0 Å². The van der Waals surface area contributed by atoms with E-state index in [0.717, 1.165) is 6.54 Å². The van der Waals surface area contributed by atoms with E-state index in [1.165, 1.54) is 19.4 Å². The van der Waals surface area contributed by atoms with Gasteiger partial charge in [-0.25, -0.2) is 0 Å². The molecule has 66 valence electrons. The molecule has 2 unspecified atom stereocenters. The van der Waals surface area contributed by atoms with Crippen molar-refractivity contribution < 1.29 is 0 Å². The fraction of sp³-hybridized carbons (Fsp3) is 1.00. The summed E-state index contributed by atoms with van der Waals surface area (Å²) in [6, 6.07) is 0.194. The van der Waals surface area contributed by atoms with Gasteiger partial charge in [0.05, 0.1) is 0 Å². The van der Waals surface area contributed by atoms with E-state index in [0.29, 0.717) is 11.8 Å². The zero-order valence-corrected chi connectivity index (χ0v) is 7.85. The summed E-state index contributed by atoms with van der Waals surface area (Å²) >= 11 is 5.69. The van der Waals surface area contributed by atoms with Gasteiger partial charge < -0.3 is 10.6 Å². The minimum Gasteiger partial charge on any atom is -0.326 e. The summed E-state index contributed by atoms with van der Waals surface area (Å²) in [6.45, 7) is 2.33. The summed E-state index contributed by atoms with van der Waals surface area (Å²) in [5.74, 6) is 1.21. The van der Waals surface area contributed by atoms with Crippen molar-refractivity contribution in [3.8, 4) is 0 Å². The van der Waals surface area contributed by atoms with E-state index in [2.05, 4.69) is 11.9 Å². The summed E-state index contributed by atoms with van der Waals surface area (Å²) in [7, 11) is 2.15. The summed E-state index contributed by atoms with van der Waals surface area (Å²) in [6.07, 6.45) is 2.52. The molecule has 0 aromatic heterocycles. The summed E-state index contributed by atoms with van der Waals surface area (Å²) in [5.41, 5.74) is 5.85. The van der Waals surface area contributed by atoms with Crippen LogP contribution in [0, 0.1) is 5.92 Å². The van der Waals surface area contributed by atoms with Gasteiger partial charge >= 0.3 is 0 Å². The number of hydrogen-bond donors (Lipinski definition) is 1. The first-order chi connectivity index (χ1) is 5.24. The lowest BCUT2D eigenvalue weighted by atomic mass is 9.92. The number of nitrogens with zero attached hydrogens (tertiary/aromatic N) is 1. The van der Waals surface area contributed by atoms with Gasteiger partial charge in [0.2, 0.25) is 0 Å². The molecule has 0 bridgehead atoms. The lowest BCUT2D eigenvalue weighted by Crippen LogP contribution is -2.42. The van der Waals surface area contributed by atoms with E-state index in [1.54, 1.807) is 0 Å². The van der Waals surface area contributed by atoms with Crippen LogP contribution in [0.1, 0.15) is 12.8 Å². The minimum absolute atomic E-state index is 0.194. The Bertz CT molecular complexity index is 119. The molecule has 1 aliphatic heterocycles. The highest BCUT2D eigenvalue weighted by atomic mass is 35.5. The highest BCUT2D eigenvalue weighted by Gasteiger charge is 2.21. The maximum absolute atomic E-state index is 5.85. The van der Waals surface area contributed by atoms with Crippen molar-refractivity contribution >= 4 is 11.6 Å². The first-order valence-electron chi connectivity index (χ1n) is 4.24. The monoisotopic (exact) mass is 176 g/mol. The standard InChI is InChI=1S/C8H17ClN2/c1-11-4-2-3-7(6-11)8(10)5-9/h7-8H,2-6,10H2,1H3. The number of halogens is 1. The average molecular weight is 177 g/mol. The Balaban J connectivity index is 2.33. The van der Waals surface area contributed by atoms with E-state index >= 15 is 0 Å². The molecule has 3 heteroatoms. The third-order valence-electron chi connectivity index (χ3n) is 2.44. The molecule has 1 aliphatic rings. The quantitative estimate of drug-likeness (QED) is 0.634. The summed E-state index contributed by atoms with van der Waals surface area (Å²) in [4.78, 5) is 2.33. The zero-order chi connectivity index (χ0) is 8.27. The lowest BCUT2D eigenvalue weighted by molar-refractivity contribution is 0.193. The largest absolute Gasteiger partial charge is 0.326 e. The number of rotatable bonds is 2. The van der Waals surface area contributed by atoms with Crippen molar-refractivity contribution in [1.82, 2.24) is 4.90 Å². The van der Waals surface area contributed by atoms with Crippen molar-refractivity contribution in [3.63, 3.8) is 0 Å². The van der Waals surface area contributed by atoms with E-state index in [1.807, 2.05) is 0 Å². The van der Waals surface area contributed by atoms with E-state index in [-0.39, 0.29) is 6.04 Å². The number of hydrogen-bond acceptors (Lipinski definition) is 2. The van der Waals surface area contributed by atoms with E-state index in [9.17, 15) is 0 Å². The molecule has 2 N–H and O–H groups in total. The van der Waals surface area contributed by atoms with Gasteiger partial charge in [-0.3, -0.25) is 0 Å². The molecule has 0 aromatic rings. The Morgan fingerprint density at radius 3 is 3.00 bits per heavy atom. The molecule has 2 nitrogen and oxygen atoms in total. The molecule has 0 aromatic carbocycles. The molecule has 1 heterocycles. The van der Waals surface area contributed by atoms with Gasteiger partial charge in [-0.1, -0.05) is 0 Å². The van der Waals surface area contributed by atoms with Crippen LogP contribution in [0.5, 0.6) is 0 Å². The molecule has 0 aliphatic carbocycles. The molecule has 1 rings (SSSR count). The molecule has 0 saturated carbocycles. The maximum atomic E-state index is 5.85. The predicted octanol–water partition coefficient (Wildman–Crippen LogP) is 0.894. The van der Waals surface area contributed by atoms with Crippen molar-refractivity contribution in [2.75, 3.05) is 26.0 Å². The Kier molecular flexibility index (Phi) is 3.63. The van der Waals surface area contributed by atoms with Crippen LogP contribution < -0.4 is 5.73 Å². The first-order valence-corrected chi connectivity index (χ1v) is 4.77. The fourth-order valence-corrected chi connectivity index (χ4v) is 1.93. The zero-order valence-electron chi connectivity index (χ0n) is 7.09. The van der Waals surface area contributed by atoms with Gasteiger partial charge in [-0.2, -0.15) is 0 Å². The summed E-state index contributed by atoms with van der Waals surface area (Å²) in [5, 5.41) is 0. The first kappa shape index (κ1) is 9.30. The normalized spacial score (nSPS) is 30.3. The van der Waals surface area contributed by atoms with Crippen LogP contribution in [-0.2, 0) is 0 Å². The Labute approximate surface area is 73.7 Å². The SMILES string of the molecule is CN1CCCC(C(N)CCl)C1. The fourth-order valence-electron chi connectivity index (χ4n) is 1.68. The number of nitrogens with two attached hydrogens (primary N) is 1. The minimum atomic E-state index is 0.194. The van der Waals surface area contributed by atoms with Gasteiger partial charge in [-0.05, 0) is 32.4 Å². The van der Waals surface area contributed by atoms with Crippen LogP contribution in [0.3, 0.4) is 0 Å². The van der Waals surface area contributed by atoms with Crippen LogP contribution in [0.2, 0.25) is 0 Å². The summed E-state index contributed by atoms with van der Waals surface area (Å²) < 4.78 is 0. The van der Waals surface area contributed by atoms with Crippen molar-refractivity contribution in [2.45, 2.75) is 18.9 Å². The lowest BCUT2D eigenvalue weighted by Gasteiger charge is -2.32. The molecule has 0 spiro atoms. The van der Waals surface area contributed by atoms with Crippen molar-refractivity contribution in [2.24, 2.45) is 11.7 Å². The van der Waals surface area contributed by atoms with Gasteiger partial charge in [0.1, 0.15) is 0 Å². The number of alkyl halides is 1. The predicted molar refractivity (Wildman–Crippen MR) is 48.9 cm³/mol. The Morgan fingerprint density at radius 2 is 2.45 bits per heavy atom. The van der Waals surface area contributed by atoms with Gasteiger partial charge in [0.25, 0.3) is 0 Å². The van der Waals surface area contributed by atoms with Crippen molar-refractivity contribution in [1.29, 1.82) is 0 Å². The Hall–Kier alpha value is 0.210. The van der Waals surface area contributed by atoms with Gasteiger partial charge in [-0.15, -0.1) is 11.6 Å². The molecule has 1 saturated heterocycles. The van der Waals surface area contributed by atoms with Crippen LogP contribution in [0.25, 0.3) is 0 Å². The Morgan fingerprint density at radius 1 is 1.73 bits per heavy atom. The molecule has 1 fully saturated rings. The third kappa shape index (κ3) is 2.62. The topological polar surface area (TPSA) is 29.3 Å². The highest BCUT2D eigenvalue weighted by molar-refractivity contribution is 6.18.